The van der Waals surface area contributed by atoms with Gasteiger partial charge in [0.25, 0.3) is 0 Å². The number of anilines is 2. The van der Waals surface area contributed by atoms with Crippen molar-refractivity contribution < 1.29 is 4.79 Å². The van der Waals surface area contributed by atoms with E-state index in [1.165, 1.54) is 6.92 Å². The van der Waals surface area contributed by atoms with E-state index in [1.807, 2.05) is 0 Å². The van der Waals surface area contributed by atoms with E-state index in [9.17, 15) is 4.79 Å². The number of nitrogens with zero attached hydrogens (tertiary/aromatic N) is 2. The van der Waals surface area contributed by atoms with E-state index in [0.717, 1.165) is 25.9 Å². The van der Waals surface area contributed by atoms with Gasteiger partial charge in [-0.3, -0.25) is 4.79 Å². The molecule has 1 aromatic heterocycles. The van der Waals surface area contributed by atoms with Gasteiger partial charge < -0.3 is 16.0 Å². The molecule has 0 aromatic carbocycles. The Kier molecular flexibility index (Phi) is 4.33. The molecule has 7 heteroatoms. The molecular weight excluding hydrogens is 254 g/mol. The van der Waals surface area contributed by atoms with Gasteiger partial charge in [0.1, 0.15) is 11.6 Å². The lowest BCUT2D eigenvalue weighted by molar-refractivity contribution is -0.114. The number of hydrogen-bond acceptors (Lipinski definition) is 5. The maximum Gasteiger partial charge on any atom is 0.226 e. The van der Waals surface area contributed by atoms with Crippen LogP contribution in [-0.4, -0.2) is 35.0 Å². The largest absolute Gasteiger partial charge is 0.367 e. The second-order valence-electron chi connectivity index (χ2n) is 4.26. The molecule has 0 atom stereocenters. The van der Waals surface area contributed by atoms with Gasteiger partial charge in [-0.1, -0.05) is 0 Å². The zero-order chi connectivity index (χ0) is 13.0. The minimum absolute atomic E-state index is 0.123. The zero-order valence-corrected chi connectivity index (χ0v) is 10.9. The van der Waals surface area contributed by atoms with Gasteiger partial charge in [0.15, 0.2) is 0 Å². The van der Waals surface area contributed by atoms with Crippen LogP contribution in [0.2, 0.25) is 5.28 Å². The molecular formula is C11H16ClN5O. The molecule has 0 bridgehead atoms. The first-order valence-corrected chi connectivity index (χ1v) is 6.31. The molecule has 1 aliphatic rings. The number of rotatable bonds is 3. The lowest BCUT2D eigenvalue weighted by Crippen LogP contribution is -2.35. The fraction of sp³-hybridized carbons (Fsp3) is 0.545. The van der Waals surface area contributed by atoms with Gasteiger partial charge >= 0.3 is 0 Å². The predicted molar refractivity (Wildman–Crippen MR) is 70.9 cm³/mol. The topological polar surface area (TPSA) is 78.9 Å². The summed E-state index contributed by atoms with van der Waals surface area (Å²) >= 11 is 5.83. The van der Waals surface area contributed by atoms with Crippen LogP contribution in [-0.2, 0) is 4.79 Å². The molecule has 2 heterocycles. The Morgan fingerprint density at radius 3 is 2.72 bits per heavy atom. The van der Waals surface area contributed by atoms with Crippen molar-refractivity contribution in [3.05, 3.63) is 11.3 Å². The summed E-state index contributed by atoms with van der Waals surface area (Å²) in [7, 11) is 0. The van der Waals surface area contributed by atoms with Crippen molar-refractivity contribution in [2.24, 2.45) is 0 Å². The average molecular weight is 270 g/mol. The molecule has 0 radical (unpaired) electrons. The first-order valence-electron chi connectivity index (χ1n) is 5.93. The Morgan fingerprint density at radius 2 is 2.06 bits per heavy atom. The quantitative estimate of drug-likeness (QED) is 0.720. The molecule has 0 unspecified atom stereocenters. The standard InChI is InChI=1S/C11H16ClN5O/c1-7(18)14-9-6-10(17-11(12)16-9)15-8-2-4-13-5-3-8/h6,8,13H,2-5H2,1H3,(H2,14,15,16,17,18). The fourth-order valence-corrected chi connectivity index (χ4v) is 2.09. The molecule has 6 nitrogen and oxygen atoms in total. The summed E-state index contributed by atoms with van der Waals surface area (Å²) in [4.78, 5) is 19.0. The van der Waals surface area contributed by atoms with Gasteiger partial charge in [-0.15, -0.1) is 0 Å². The predicted octanol–water partition coefficient (Wildman–Crippen LogP) is 1.25. The number of aromatic nitrogens is 2. The van der Waals surface area contributed by atoms with E-state index in [4.69, 9.17) is 11.6 Å². The number of carbonyl (C=O) groups is 1. The van der Waals surface area contributed by atoms with E-state index >= 15 is 0 Å². The lowest BCUT2D eigenvalue weighted by atomic mass is 10.1. The van der Waals surface area contributed by atoms with Crippen molar-refractivity contribution in [3.8, 4) is 0 Å². The Balaban J connectivity index is 2.06. The molecule has 3 N–H and O–H groups in total. The molecule has 0 spiro atoms. The molecule has 1 fully saturated rings. The van der Waals surface area contributed by atoms with Crippen LogP contribution in [0, 0.1) is 0 Å². The van der Waals surface area contributed by atoms with Crippen LogP contribution < -0.4 is 16.0 Å². The molecule has 1 aromatic rings. The van der Waals surface area contributed by atoms with Gasteiger partial charge in [0.05, 0.1) is 0 Å². The van der Waals surface area contributed by atoms with E-state index in [1.54, 1.807) is 6.07 Å². The SMILES string of the molecule is CC(=O)Nc1cc(NC2CCNCC2)nc(Cl)n1. The van der Waals surface area contributed by atoms with Crippen LogP contribution in [0.25, 0.3) is 0 Å². The molecule has 0 aliphatic carbocycles. The number of piperidine rings is 1. The van der Waals surface area contributed by atoms with Gasteiger partial charge in [0, 0.05) is 19.0 Å². The first kappa shape index (κ1) is 13.0. The number of amides is 1. The third-order valence-electron chi connectivity index (χ3n) is 2.69. The molecule has 18 heavy (non-hydrogen) atoms. The van der Waals surface area contributed by atoms with Crippen molar-refractivity contribution in [2.45, 2.75) is 25.8 Å². The Bertz CT molecular complexity index is 433. The normalized spacial score (nSPS) is 16.3. The number of halogens is 1. The third-order valence-corrected chi connectivity index (χ3v) is 2.86. The first-order chi connectivity index (χ1) is 8.63. The zero-order valence-electron chi connectivity index (χ0n) is 10.2. The summed E-state index contributed by atoms with van der Waals surface area (Å²) in [6.07, 6.45) is 2.08. The molecule has 1 aliphatic heterocycles. The number of nitrogens with one attached hydrogen (secondary N) is 3. The lowest BCUT2D eigenvalue weighted by Gasteiger charge is -2.24. The van der Waals surface area contributed by atoms with Crippen LogP contribution >= 0.6 is 11.6 Å². The second kappa shape index (κ2) is 5.97. The van der Waals surface area contributed by atoms with E-state index in [2.05, 4.69) is 25.9 Å². The molecule has 1 amide bonds. The Hall–Kier alpha value is -1.40. The molecule has 2 rings (SSSR count). The molecule has 1 saturated heterocycles. The van der Waals surface area contributed by atoms with Gasteiger partial charge in [-0.25, -0.2) is 9.97 Å². The monoisotopic (exact) mass is 269 g/mol. The van der Waals surface area contributed by atoms with Gasteiger partial charge in [0.2, 0.25) is 11.2 Å². The van der Waals surface area contributed by atoms with Gasteiger partial charge in [-0.05, 0) is 37.5 Å². The van der Waals surface area contributed by atoms with Crippen LogP contribution in [0.15, 0.2) is 6.07 Å². The summed E-state index contributed by atoms with van der Waals surface area (Å²) in [6.45, 7) is 3.42. The minimum atomic E-state index is -0.183. The third kappa shape index (κ3) is 3.82. The molecule has 0 saturated carbocycles. The van der Waals surface area contributed by atoms with Crippen molar-refractivity contribution in [3.63, 3.8) is 0 Å². The van der Waals surface area contributed by atoms with Crippen LogP contribution in [0.5, 0.6) is 0 Å². The Morgan fingerprint density at radius 1 is 1.39 bits per heavy atom. The van der Waals surface area contributed by atoms with Crippen molar-refractivity contribution in [2.75, 3.05) is 23.7 Å². The highest BCUT2D eigenvalue weighted by atomic mass is 35.5. The highest BCUT2D eigenvalue weighted by molar-refractivity contribution is 6.28. The van der Waals surface area contributed by atoms with Crippen LogP contribution in [0.4, 0.5) is 11.6 Å². The highest BCUT2D eigenvalue weighted by Crippen LogP contribution is 2.17. The Labute approximate surface area is 111 Å². The number of hydrogen-bond donors (Lipinski definition) is 3. The summed E-state index contributed by atoms with van der Waals surface area (Å²) < 4.78 is 0. The van der Waals surface area contributed by atoms with E-state index < -0.39 is 0 Å². The minimum Gasteiger partial charge on any atom is -0.367 e. The summed E-state index contributed by atoms with van der Waals surface area (Å²) in [6, 6.07) is 2.07. The van der Waals surface area contributed by atoms with Crippen LogP contribution in [0.3, 0.4) is 0 Å². The molecule has 98 valence electrons. The maximum atomic E-state index is 11.0. The summed E-state index contributed by atoms with van der Waals surface area (Å²) in [5.74, 6) is 0.877. The highest BCUT2D eigenvalue weighted by Gasteiger charge is 2.14. The van der Waals surface area contributed by atoms with E-state index in [-0.39, 0.29) is 11.2 Å². The van der Waals surface area contributed by atoms with Crippen molar-refractivity contribution >= 4 is 29.1 Å². The van der Waals surface area contributed by atoms with Crippen molar-refractivity contribution in [1.82, 2.24) is 15.3 Å². The average Bonchev–Trinajstić information content (AvgIpc) is 2.28. The van der Waals surface area contributed by atoms with Crippen LogP contribution in [0.1, 0.15) is 19.8 Å². The number of carbonyl (C=O) groups excluding carboxylic acids is 1. The smallest absolute Gasteiger partial charge is 0.226 e. The maximum absolute atomic E-state index is 11.0. The summed E-state index contributed by atoms with van der Waals surface area (Å²) in [5, 5.41) is 9.32. The fourth-order valence-electron chi connectivity index (χ4n) is 1.91. The second-order valence-corrected chi connectivity index (χ2v) is 4.60. The van der Waals surface area contributed by atoms with Crippen molar-refractivity contribution in [1.29, 1.82) is 0 Å². The van der Waals surface area contributed by atoms with Gasteiger partial charge in [-0.2, -0.15) is 0 Å². The summed E-state index contributed by atoms with van der Waals surface area (Å²) in [5.41, 5.74) is 0. The van der Waals surface area contributed by atoms with E-state index in [0.29, 0.717) is 17.7 Å².